The van der Waals surface area contributed by atoms with Gasteiger partial charge in [0, 0.05) is 0 Å². The summed E-state index contributed by atoms with van der Waals surface area (Å²) in [4.78, 5) is 19.9. The summed E-state index contributed by atoms with van der Waals surface area (Å²) in [5, 5.41) is 0. The Balaban J connectivity index is 2.10. The fraction of sp³-hybridized carbons (Fsp3) is 0.800. The van der Waals surface area contributed by atoms with Crippen molar-refractivity contribution in [3.63, 3.8) is 0 Å². The van der Waals surface area contributed by atoms with Gasteiger partial charge in [-0.25, -0.2) is 0 Å². The molecule has 0 spiro atoms. The average molecular weight is 200 g/mol. The monoisotopic (exact) mass is 200 g/mol. The zero-order chi connectivity index (χ0) is 10.2. The van der Waals surface area contributed by atoms with Gasteiger partial charge in [-0.15, -0.1) is 0 Å². The molecule has 4 heteroatoms. The predicted molar refractivity (Wildman–Crippen MR) is 49.5 cm³/mol. The number of carbonyl (C=O) groups excluding carboxylic acids is 2. The number of rotatable bonds is 6. The van der Waals surface area contributed by atoms with Gasteiger partial charge in [0.2, 0.25) is 0 Å². The molecule has 14 heavy (non-hydrogen) atoms. The van der Waals surface area contributed by atoms with Gasteiger partial charge in [0.25, 0.3) is 12.9 Å². The van der Waals surface area contributed by atoms with Crippen LogP contribution in [0.1, 0.15) is 25.7 Å². The van der Waals surface area contributed by atoms with E-state index in [1.807, 2.05) is 0 Å². The predicted octanol–water partition coefficient (Wildman–Crippen LogP) is 1.14. The molecule has 0 atom stereocenters. The van der Waals surface area contributed by atoms with Crippen LogP contribution in [0, 0.1) is 11.8 Å². The van der Waals surface area contributed by atoms with Crippen molar-refractivity contribution in [2.75, 3.05) is 13.2 Å². The summed E-state index contributed by atoms with van der Waals surface area (Å²) < 4.78 is 9.44. The van der Waals surface area contributed by atoms with Crippen LogP contribution < -0.4 is 0 Å². The van der Waals surface area contributed by atoms with Crippen LogP contribution in [0.15, 0.2) is 0 Å². The molecule has 1 aliphatic rings. The lowest BCUT2D eigenvalue weighted by Crippen LogP contribution is -2.21. The molecule has 0 aromatic heterocycles. The van der Waals surface area contributed by atoms with E-state index in [2.05, 4.69) is 0 Å². The van der Waals surface area contributed by atoms with Crippen LogP contribution >= 0.6 is 0 Å². The second-order valence-electron chi connectivity index (χ2n) is 3.75. The Morgan fingerprint density at radius 3 is 1.50 bits per heavy atom. The lowest BCUT2D eigenvalue weighted by atomic mass is 9.83. The van der Waals surface area contributed by atoms with Crippen molar-refractivity contribution >= 4 is 12.9 Å². The number of carbonyl (C=O) groups is 2. The van der Waals surface area contributed by atoms with Gasteiger partial charge in [0.05, 0.1) is 13.2 Å². The summed E-state index contributed by atoms with van der Waals surface area (Å²) in [5.41, 5.74) is 0. The Kier molecular flexibility index (Phi) is 5.04. The van der Waals surface area contributed by atoms with Crippen molar-refractivity contribution in [1.29, 1.82) is 0 Å². The Labute approximate surface area is 83.6 Å². The molecule has 0 unspecified atom stereocenters. The third-order valence-corrected chi connectivity index (χ3v) is 2.77. The second kappa shape index (κ2) is 6.40. The molecule has 4 nitrogen and oxygen atoms in total. The molecule has 1 rings (SSSR count). The maximum Gasteiger partial charge on any atom is 0.293 e. The fourth-order valence-corrected chi connectivity index (χ4v) is 1.92. The normalized spacial score (nSPS) is 26.6. The summed E-state index contributed by atoms with van der Waals surface area (Å²) in [6.07, 6.45) is 4.23. The molecular formula is C10H16O4. The van der Waals surface area contributed by atoms with Gasteiger partial charge in [-0.2, -0.15) is 0 Å². The molecule has 0 bridgehead atoms. The molecule has 1 fully saturated rings. The molecule has 1 aliphatic carbocycles. The lowest BCUT2D eigenvalue weighted by Gasteiger charge is -2.26. The first-order chi connectivity index (χ1) is 6.86. The minimum atomic E-state index is 0.493. The molecule has 1 saturated carbocycles. The highest BCUT2D eigenvalue weighted by Crippen LogP contribution is 2.28. The van der Waals surface area contributed by atoms with E-state index < -0.39 is 0 Å². The maximum absolute atomic E-state index is 9.97. The largest absolute Gasteiger partial charge is 0.468 e. The van der Waals surface area contributed by atoms with Crippen LogP contribution in [-0.2, 0) is 19.1 Å². The van der Waals surface area contributed by atoms with Crippen molar-refractivity contribution in [2.45, 2.75) is 25.7 Å². The Morgan fingerprint density at radius 1 is 0.857 bits per heavy atom. The minimum absolute atomic E-state index is 0.493. The van der Waals surface area contributed by atoms with Crippen molar-refractivity contribution in [3.8, 4) is 0 Å². The zero-order valence-electron chi connectivity index (χ0n) is 8.19. The first-order valence-corrected chi connectivity index (χ1v) is 4.97. The highest BCUT2D eigenvalue weighted by atomic mass is 16.5. The number of hydrogen-bond donors (Lipinski definition) is 0. The molecule has 0 saturated heterocycles. The zero-order valence-corrected chi connectivity index (χ0v) is 8.19. The maximum atomic E-state index is 9.97. The van der Waals surface area contributed by atoms with Gasteiger partial charge < -0.3 is 9.47 Å². The summed E-state index contributed by atoms with van der Waals surface area (Å²) in [7, 11) is 0. The smallest absolute Gasteiger partial charge is 0.293 e. The SMILES string of the molecule is O=COCC1CCC(COC=O)CC1. The molecule has 0 amide bonds. The molecule has 80 valence electrons. The van der Waals surface area contributed by atoms with Crippen molar-refractivity contribution in [1.82, 2.24) is 0 Å². The first kappa shape index (κ1) is 11.0. The Morgan fingerprint density at radius 2 is 1.21 bits per heavy atom. The van der Waals surface area contributed by atoms with E-state index in [0.29, 0.717) is 38.0 Å². The van der Waals surface area contributed by atoms with Crippen LogP contribution in [0.4, 0.5) is 0 Å². The van der Waals surface area contributed by atoms with E-state index in [4.69, 9.17) is 9.47 Å². The van der Waals surface area contributed by atoms with E-state index in [-0.39, 0.29) is 0 Å². The molecule has 0 heterocycles. The van der Waals surface area contributed by atoms with Gasteiger partial charge in [-0.3, -0.25) is 9.59 Å². The summed E-state index contributed by atoms with van der Waals surface area (Å²) in [6.45, 7) is 2.07. The van der Waals surface area contributed by atoms with Crippen LogP contribution in [0.2, 0.25) is 0 Å². The van der Waals surface area contributed by atoms with Gasteiger partial charge in [-0.05, 0) is 37.5 Å². The summed E-state index contributed by atoms with van der Waals surface area (Å²) >= 11 is 0. The highest BCUT2D eigenvalue weighted by molar-refractivity contribution is 5.37. The quantitative estimate of drug-likeness (QED) is 0.603. The van der Waals surface area contributed by atoms with E-state index >= 15 is 0 Å². The van der Waals surface area contributed by atoms with Crippen LogP contribution in [0.3, 0.4) is 0 Å². The van der Waals surface area contributed by atoms with E-state index in [1.54, 1.807) is 0 Å². The van der Waals surface area contributed by atoms with Crippen LogP contribution in [-0.4, -0.2) is 26.2 Å². The van der Waals surface area contributed by atoms with Crippen LogP contribution in [0.5, 0.6) is 0 Å². The second-order valence-corrected chi connectivity index (χ2v) is 3.75. The Bertz CT molecular complexity index is 153. The topological polar surface area (TPSA) is 52.6 Å². The first-order valence-electron chi connectivity index (χ1n) is 4.97. The standard InChI is InChI=1S/C10H16O4/c11-7-13-5-9-1-2-10(4-3-9)6-14-8-12/h7-10H,1-6H2. The number of ether oxygens (including phenoxy) is 2. The van der Waals surface area contributed by atoms with Gasteiger partial charge in [0.1, 0.15) is 0 Å². The average Bonchev–Trinajstić information content (AvgIpc) is 2.25. The molecule has 0 radical (unpaired) electrons. The van der Waals surface area contributed by atoms with E-state index in [9.17, 15) is 9.59 Å². The molecular weight excluding hydrogens is 184 g/mol. The molecule has 0 aliphatic heterocycles. The summed E-state index contributed by atoms with van der Waals surface area (Å²) in [6, 6.07) is 0. The Hall–Kier alpha value is -1.06. The fourth-order valence-electron chi connectivity index (χ4n) is 1.92. The van der Waals surface area contributed by atoms with Crippen molar-refractivity contribution < 1.29 is 19.1 Å². The minimum Gasteiger partial charge on any atom is -0.468 e. The molecule has 0 N–H and O–H groups in total. The van der Waals surface area contributed by atoms with E-state index in [1.165, 1.54) is 0 Å². The lowest BCUT2D eigenvalue weighted by molar-refractivity contribution is -0.132. The van der Waals surface area contributed by atoms with Gasteiger partial charge in [-0.1, -0.05) is 0 Å². The molecule has 0 aromatic rings. The van der Waals surface area contributed by atoms with Gasteiger partial charge in [0.15, 0.2) is 0 Å². The van der Waals surface area contributed by atoms with Gasteiger partial charge >= 0.3 is 0 Å². The van der Waals surface area contributed by atoms with Crippen molar-refractivity contribution in [3.05, 3.63) is 0 Å². The molecule has 0 aromatic carbocycles. The van der Waals surface area contributed by atoms with E-state index in [0.717, 1.165) is 25.7 Å². The highest BCUT2D eigenvalue weighted by Gasteiger charge is 2.21. The van der Waals surface area contributed by atoms with Crippen LogP contribution in [0.25, 0.3) is 0 Å². The third-order valence-electron chi connectivity index (χ3n) is 2.77. The van der Waals surface area contributed by atoms with Crippen molar-refractivity contribution in [2.24, 2.45) is 11.8 Å². The third kappa shape index (κ3) is 3.77. The summed E-state index contributed by atoms with van der Waals surface area (Å²) in [5.74, 6) is 0.986. The number of hydrogen-bond acceptors (Lipinski definition) is 4.